The van der Waals surface area contributed by atoms with Gasteiger partial charge in [0.05, 0.1) is 11.1 Å². The number of carbonyl (C=O) groups is 3. The van der Waals surface area contributed by atoms with Crippen LogP contribution in [-0.4, -0.2) is 47.2 Å². The zero-order valence-electron chi connectivity index (χ0n) is 16.1. The van der Waals surface area contributed by atoms with Crippen molar-refractivity contribution in [2.45, 2.75) is 26.2 Å². The molecule has 4 rings (SSSR count). The largest absolute Gasteiger partial charge is 0.339 e. The van der Waals surface area contributed by atoms with Crippen LogP contribution < -0.4 is 0 Å². The van der Waals surface area contributed by atoms with Crippen molar-refractivity contribution in [3.8, 4) is 0 Å². The van der Waals surface area contributed by atoms with Crippen LogP contribution in [0.5, 0.6) is 0 Å². The highest BCUT2D eigenvalue weighted by atomic mass is 16.2. The molecule has 0 radical (unpaired) electrons. The van der Waals surface area contributed by atoms with Gasteiger partial charge in [-0.05, 0) is 48.9 Å². The summed E-state index contributed by atoms with van der Waals surface area (Å²) in [5.41, 5.74) is 2.30. The lowest BCUT2D eigenvalue weighted by atomic mass is 9.98. The molecule has 0 N–H and O–H groups in total. The summed E-state index contributed by atoms with van der Waals surface area (Å²) < 4.78 is 0. The number of rotatable bonds is 4. The van der Waals surface area contributed by atoms with Crippen LogP contribution in [0.2, 0.25) is 0 Å². The van der Waals surface area contributed by atoms with E-state index in [4.69, 9.17) is 0 Å². The molecule has 28 heavy (non-hydrogen) atoms. The zero-order valence-corrected chi connectivity index (χ0v) is 16.1. The van der Waals surface area contributed by atoms with Crippen LogP contribution in [0.1, 0.15) is 56.4 Å². The van der Waals surface area contributed by atoms with Crippen molar-refractivity contribution in [1.82, 2.24) is 9.80 Å². The molecule has 5 heteroatoms. The van der Waals surface area contributed by atoms with Crippen molar-refractivity contribution in [2.24, 2.45) is 5.92 Å². The molecule has 2 aliphatic heterocycles. The van der Waals surface area contributed by atoms with Crippen molar-refractivity contribution in [3.63, 3.8) is 0 Å². The number of carbonyl (C=O) groups excluding carboxylic acids is 3. The highest BCUT2D eigenvalue weighted by Gasteiger charge is 2.36. The van der Waals surface area contributed by atoms with Gasteiger partial charge in [-0.25, -0.2) is 0 Å². The Morgan fingerprint density at radius 3 is 2.36 bits per heavy atom. The van der Waals surface area contributed by atoms with E-state index in [1.807, 2.05) is 35.2 Å². The second-order valence-electron chi connectivity index (χ2n) is 7.73. The van der Waals surface area contributed by atoms with E-state index in [-0.39, 0.29) is 17.7 Å². The summed E-state index contributed by atoms with van der Waals surface area (Å²) in [5.74, 6) is -0.00120. The highest BCUT2D eigenvalue weighted by molar-refractivity contribution is 6.22. The van der Waals surface area contributed by atoms with Crippen molar-refractivity contribution in [1.29, 1.82) is 0 Å². The molecule has 1 fully saturated rings. The van der Waals surface area contributed by atoms with Gasteiger partial charge in [-0.2, -0.15) is 0 Å². The maximum absolute atomic E-state index is 12.8. The van der Waals surface area contributed by atoms with E-state index in [1.165, 1.54) is 4.90 Å². The number of hydrogen-bond acceptors (Lipinski definition) is 3. The third kappa shape index (κ3) is 3.44. The minimum atomic E-state index is -0.308. The number of fused-ring (bicyclic) bond motifs is 1. The highest BCUT2D eigenvalue weighted by Crippen LogP contribution is 2.26. The van der Waals surface area contributed by atoms with E-state index in [1.54, 1.807) is 18.2 Å². The predicted octanol–water partition coefficient (Wildman–Crippen LogP) is 3.40. The third-order valence-corrected chi connectivity index (χ3v) is 5.76. The van der Waals surface area contributed by atoms with Crippen LogP contribution in [0.25, 0.3) is 0 Å². The molecular weight excluding hydrogens is 352 g/mol. The second kappa shape index (κ2) is 7.58. The van der Waals surface area contributed by atoms with Crippen LogP contribution in [0.3, 0.4) is 0 Å². The molecule has 3 amide bonds. The minimum absolute atomic E-state index is 0.0577. The zero-order chi connectivity index (χ0) is 19.7. The Labute approximate surface area is 164 Å². The Morgan fingerprint density at radius 2 is 1.64 bits per heavy atom. The lowest BCUT2D eigenvalue weighted by Crippen LogP contribution is -2.38. The SMILES string of the molecule is CC1CCN(C(=O)c2ccc3c(c2)C(=O)N(CCc2ccccc2)C3=O)CC1. The Kier molecular flexibility index (Phi) is 4.99. The maximum atomic E-state index is 12.8. The molecule has 5 nitrogen and oxygen atoms in total. The van der Waals surface area contributed by atoms with Gasteiger partial charge in [-0.15, -0.1) is 0 Å². The molecule has 2 aromatic rings. The first-order valence-electron chi connectivity index (χ1n) is 9.88. The average Bonchev–Trinajstić information content (AvgIpc) is 2.97. The first kappa shape index (κ1) is 18.4. The predicted molar refractivity (Wildman–Crippen MR) is 106 cm³/mol. The van der Waals surface area contributed by atoms with Gasteiger partial charge in [0, 0.05) is 25.2 Å². The van der Waals surface area contributed by atoms with Gasteiger partial charge in [0.25, 0.3) is 17.7 Å². The molecule has 1 saturated heterocycles. The number of imide groups is 1. The van der Waals surface area contributed by atoms with Gasteiger partial charge in [0.2, 0.25) is 0 Å². The van der Waals surface area contributed by atoms with E-state index >= 15 is 0 Å². The number of benzene rings is 2. The van der Waals surface area contributed by atoms with Gasteiger partial charge in [-0.3, -0.25) is 19.3 Å². The van der Waals surface area contributed by atoms with Gasteiger partial charge in [-0.1, -0.05) is 37.3 Å². The monoisotopic (exact) mass is 376 g/mol. The molecule has 0 saturated carbocycles. The van der Waals surface area contributed by atoms with Crippen molar-refractivity contribution >= 4 is 17.7 Å². The van der Waals surface area contributed by atoms with Gasteiger partial charge in [0.1, 0.15) is 0 Å². The molecule has 0 aliphatic carbocycles. The molecule has 2 heterocycles. The number of hydrogen-bond donors (Lipinski definition) is 0. The van der Waals surface area contributed by atoms with Crippen molar-refractivity contribution < 1.29 is 14.4 Å². The number of nitrogens with zero attached hydrogens (tertiary/aromatic N) is 2. The Bertz CT molecular complexity index is 915. The lowest BCUT2D eigenvalue weighted by molar-refractivity contribution is 0.0655. The van der Waals surface area contributed by atoms with E-state index < -0.39 is 0 Å². The van der Waals surface area contributed by atoms with E-state index in [2.05, 4.69) is 6.92 Å². The van der Waals surface area contributed by atoms with E-state index in [0.29, 0.717) is 35.6 Å². The van der Waals surface area contributed by atoms with Crippen LogP contribution in [-0.2, 0) is 6.42 Å². The van der Waals surface area contributed by atoms with Gasteiger partial charge >= 0.3 is 0 Å². The second-order valence-corrected chi connectivity index (χ2v) is 7.73. The average molecular weight is 376 g/mol. The lowest BCUT2D eigenvalue weighted by Gasteiger charge is -2.30. The Morgan fingerprint density at radius 1 is 0.964 bits per heavy atom. The molecule has 144 valence electrons. The molecule has 0 atom stereocenters. The summed E-state index contributed by atoms with van der Waals surface area (Å²) in [6.07, 6.45) is 2.62. The summed E-state index contributed by atoms with van der Waals surface area (Å²) in [4.78, 5) is 41.4. The quantitative estimate of drug-likeness (QED) is 0.769. The summed E-state index contributed by atoms with van der Waals surface area (Å²) in [5, 5.41) is 0. The summed E-state index contributed by atoms with van der Waals surface area (Å²) in [6.45, 7) is 4.02. The van der Waals surface area contributed by atoms with Crippen LogP contribution in [0.15, 0.2) is 48.5 Å². The fourth-order valence-corrected chi connectivity index (χ4v) is 3.91. The molecule has 2 aromatic carbocycles. The van der Waals surface area contributed by atoms with Crippen LogP contribution in [0.4, 0.5) is 0 Å². The minimum Gasteiger partial charge on any atom is -0.339 e. The molecule has 0 aromatic heterocycles. The van der Waals surface area contributed by atoms with Crippen molar-refractivity contribution in [2.75, 3.05) is 19.6 Å². The smallest absolute Gasteiger partial charge is 0.261 e. The molecule has 0 spiro atoms. The Hall–Kier alpha value is -2.95. The fourth-order valence-electron chi connectivity index (χ4n) is 3.91. The topological polar surface area (TPSA) is 57.7 Å². The number of amides is 3. The fraction of sp³-hybridized carbons (Fsp3) is 0.348. The summed E-state index contributed by atoms with van der Waals surface area (Å²) >= 11 is 0. The summed E-state index contributed by atoms with van der Waals surface area (Å²) in [7, 11) is 0. The molecule has 0 bridgehead atoms. The Balaban J connectivity index is 1.50. The third-order valence-electron chi connectivity index (χ3n) is 5.76. The molecule has 0 unspecified atom stereocenters. The van der Waals surface area contributed by atoms with Crippen LogP contribution in [0, 0.1) is 5.92 Å². The van der Waals surface area contributed by atoms with Crippen LogP contribution >= 0.6 is 0 Å². The maximum Gasteiger partial charge on any atom is 0.261 e. The number of piperidine rings is 1. The standard InChI is InChI=1S/C23H24N2O3/c1-16-9-12-24(13-10-16)21(26)18-7-8-19-20(15-18)23(28)25(22(19)27)14-11-17-5-3-2-4-6-17/h2-8,15-16H,9-14H2,1H3. The number of likely N-dealkylation sites (tertiary alicyclic amines) is 1. The van der Waals surface area contributed by atoms with E-state index in [9.17, 15) is 14.4 Å². The first-order valence-corrected chi connectivity index (χ1v) is 9.88. The van der Waals surface area contributed by atoms with Gasteiger partial charge in [0.15, 0.2) is 0 Å². The van der Waals surface area contributed by atoms with Gasteiger partial charge < -0.3 is 4.90 Å². The van der Waals surface area contributed by atoms with E-state index in [0.717, 1.165) is 31.5 Å². The first-order chi connectivity index (χ1) is 13.5. The van der Waals surface area contributed by atoms with Crippen molar-refractivity contribution in [3.05, 3.63) is 70.8 Å². The molecule has 2 aliphatic rings. The molecular formula is C23H24N2O3. The normalized spacial score (nSPS) is 17.2. The summed E-state index contributed by atoms with van der Waals surface area (Å²) in [6, 6.07) is 14.7.